The summed E-state index contributed by atoms with van der Waals surface area (Å²) in [5, 5.41) is 11.9. The van der Waals surface area contributed by atoms with E-state index >= 15 is 0 Å². The molecule has 1 amide bonds. The Hall–Kier alpha value is -1.93. The van der Waals surface area contributed by atoms with Crippen LogP contribution >= 0.6 is 15.9 Å². The maximum absolute atomic E-state index is 13.7. The molecule has 1 aliphatic heterocycles. The van der Waals surface area contributed by atoms with Crippen LogP contribution in [0, 0.1) is 12.7 Å². The highest BCUT2D eigenvalue weighted by atomic mass is 79.9. The van der Waals surface area contributed by atoms with E-state index in [1.807, 2.05) is 0 Å². The van der Waals surface area contributed by atoms with E-state index in [0.29, 0.717) is 11.3 Å². The van der Waals surface area contributed by atoms with Gasteiger partial charge in [0.15, 0.2) is 0 Å². The number of aryl methyl sites for hydroxylation is 1. The van der Waals surface area contributed by atoms with E-state index in [2.05, 4.69) is 21.2 Å². The quantitative estimate of drug-likeness (QED) is 0.750. The standard InChI is InChI=1S/C15H16BrFN2O4/c1-8-5-9(6-11(16)12(8)17)18-13-10(15(22)23-2)7-19(3-4-20)14(13)21/h5-6,18,20H,3-4,7H2,1-2H3. The molecule has 0 bridgehead atoms. The normalized spacial score (nSPS) is 14.5. The Morgan fingerprint density at radius 3 is 2.78 bits per heavy atom. The van der Waals surface area contributed by atoms with Crippen molar-refractivity contribution in [3.8, 4) is 0 Å². The molecule has 8 heteroatoms. The molecule has 1 aromatic carbocycles. The van der Waals surface area contributed by atoms with Crippen molar-refractivity contribution in [3.05, 3.63) is 39.3 Å². The Balaban J connectivity index is 2.37. The zero-order valence-corrected chi connectivity index (χ0v) is 14.2. The fourth-order valence-corrected chi connectivity index (χ4v) is 2.85. The lowest BCUT2D eigenvalue weighted by Gasteiger charge is -2.15. The van der Waals surface area contributed by atoms with E-state index in [1.165, 1.54) is 24.1 Å². The number of aliphatic hydroxyl groups is 1. The second kappa shape index (κ2) is 7.10. The van der Waals surface area contributed by atoms with E-state index in [4.69, 9.17) is 9.84 Å². The molecule has 0 spiro atoms. The highest BCUT2D eigenvalue weighted by Gasteiger charge is 2.34. The highest BCUT2D eigenvalue weighted by Crippen LogP contribution is 2.27. The molecule has 124 valence electrons. The maximum Gasteiger partial charge on any atom is 0.337 e. The number of anilines is 1. The van der Waals surface area contributed by atoms with E-state index in [1.54, 1.807) is 6.92 Å². The van der Waals surface area contributed by atoms with Gasteiger partial charge < -0.3 is 20.1 Å². The molecule has 1 heterocycles. The minimum Gasteiger partial charge on any atom is -0.466 e. The molecule has 6 nitrogen and oxygen atoms in total. The highest BCUT2D eigenvalue weighted by molar-refractivity contribution is 9.10. The van der Waals surface area contributed by atoms with Crippen molar-refractivity contribution in [2.24, 2.45) is 0 Å². The van der Waals surface area contributed by atoms with Crippen molar-refractivity contribution < 1.29 is 23.8 Å². The molecule has 23 heavy (non-hydrogen) atoms. The van der Waals surface area contributed by atoms with Crippen molar-refractivity contribution in [1.82, 2.24) is 4.90 Å². The summed E-state index contributed by atoms with van der Waals surface area (Å²) >= 11 is 3.10. The predicted octanol–water partition coefficient (Wildman–Crippen LogP) is 1.57. The SMILES string of the molecule is COC(=O)C1=C(Nc2cc(C)c(F)c(Br)c2)C(=O)N(CCO)C1. The number of β-amino-alcohol motifs (C(OH)–C–C–N with tert-alkyl or cyclic N) is 1. The molecule has 0 unspecified atom stereocenters. The van der Waals surface area contributed by atoms with Crippen LogP contribution in [0.3, 0.4) is 0 Å². The third kappa shape index (κ3) is 3.53. The summed E-state index contributed by atoms with van der Waals surface area (Å²) in [6.07, 6.45) is 0. The Bertz CT molecular complexity index is 667. The van der Waals surface area contributed by atoms with Gasteiger partial charge in [-0.15, -0.1) is 0 Å². The van der Waals surface area contributed by atoms with E-state index in [-0.39, 0.29) is 35.4 Å². The number of hydrogen-bond donors (Lipinski definition) is 2. The fourth-order valence-electron chi connectivity index (χ4n) is 2.29. The monoisotopic (exact) mass is 386 g/mol. The second-order valence-corrected chi connectivity index (χ2v) is 5.86. The van der Waals surface area contributed by atoms with Gasteiger partial charge in [0, 0.05) is 12.2 Å². The largest absolute Gasteiger partial charge is 0.466 e. The summed E-state index contributed by atoms with van der Waals surface area (Å²) in [5.74, 6) is -1.44. The molecule has 2 rings (SSSR count). The number of carbonyl (C=O) groups excluding carboxylic acids is 2. The van der Waals surface area contributed by atoms with Gasteiger partial charge in [-0.05, 0) is 40.5 Å². The van der Waals surface area contributed by atoms with Crippen molar-refractivity contribution in [2.75, 3.05) is 32.1 Å². The summed E-state index contributed by atoms with van der Waals surface area (Å²) in [5.41, 5.74) is 1.10. The lowest BCUT2D eigenvalue weighted by molar-refractivity contribution is -0.136. The molecule has 1 aliphatic rings. The van der Waals surface area contributed by atoms with Crippen LogP contribution in [-0.4, -0.2) is 48.7 Å². The number of benzene rings is 1. The zero-order valence-electron chi connectivity index (χ0n) is 12.7. The first-order valence-electron chi connectivity index (χ1n) is 6.83. The van der Waals surface area contributed by atoms with Crippen LogP contribution in [-0.2, 0) is 14.3 Å². The van der Waals surface area contributed by atoms with Crippen LogP contribution in [0.2, 0.25) is 0 Å². The molecule has 0 fully saturated rings. The number of halogens is 2. The Morgan fingerprint density at radius 2 is 2.22 bits per heavy atom. The summed E-state index contributed by atoms with van der Waals surface area (Å²) in [6.45, 7) is 1.54. The number of ether oxygens (including phenoxy) is 1. The lowest BCUT2D eigenvalue weighted by Crippen LogP contribution is -2.31. The molecule has 0 aromatic heterocycles. The molecule has 0 atom stereocenters. The zero-order chi connectivity index (χ0) is 17.1. The predicted molar refractivity (Wildman–Crippen MR) is 85.2 cm³/mol. The third-order valence-electron chi connectivity index (χ3n) is 3.43. The first-order valence-corrected chi connectivity index (χ1v) is 7.62. The summed E-state index contributed by atoms with van der Waals surface area (Å²) in [6, 6.07) is 3.01. The third-order valence-corrected chi connectivity index (χ3v) is 4.01. The van der Waals surface area contributed by atoms with Crippen molar-refractivity contribution in [2.45, 2.75) is 6.92 Å². The van der Waals surface area contributed by atoms with E-state index in [0.717, 1.165) is 0 Å². The molecule has 1 aromatic rings. The van der Waals surface area contributed by atoms with Gasteiger partial charge in [-0.25, -0.2) is 9.18 Å². The number of esters is 1. The number of rotatable bonds is 5. The van der Waals surface area contributed by atoms with Gasteiger partial charge >= 0.3 is 5.97 Å². The van der Waals surface area contributed by atoms with Crippen LogP contribution < -0.4 is 5.32 Å². The van der Waals surface area contributed by atoms with Crippen molar-refractivity contribution >= 4 is 33.5 Å². The molecule has 0 saturated carbocycles. The first kappa shape index (κ1) is 17.4. The van der Waals surface area contributed by atoms with Gasteiger partial charge in [-0.3, -0.25) is 4.79 Å². The van der Waals surface area contributed by atoms with Gasteiger partial charge in [0.05, 0.1) is 30.3 Å². The number of methoxy groups -OCH3 is 1. The van der Waals surface area contributed by atoms with Crippen LogP contribution in [0.4, 0.5) is 10.1 Å². The molecule has 0 radical (unpaired) electrons. The smallest absolute Gasteiger partial charge is 0.337 e. The van der Waals surface area contributed by atoms with E-state index < -0.39 is 17.7 Å². The number of aliphatic hydroxyl groups excluding tert-OH is 1. The van der Waals surface area contributed by atoms with Crippen LogP contribution in [0.25, 0.3) is 0 Å². The minimum atomic E-state index is -0.626. The van der Waals surface area contributed by atoms with Gasteiger partial charge in [0.1, 0.15) is 11.5 Å². The Labute approximate surface area is 141 Å². The molecular weight excluding hydrogens is 371 g/mol. The number of amides is 1. The summed E-state index contributed by atoms with van der Waals surface area (Å²) in [7, 11) is 1.23. The number of carbonyl (C=O) groups is 2. The van der Waals surface area contributed by atoms with Crippen molar-refractivity contribution in [3.63, 3.8) is 0 Å². The van der Waals surface area contributed by atoms with Gasteiger partial charge in [0.2, 0.25) is 0 Å². The van der Waals surface area contributed by atoms with E-state index in [9.17, 15) is 14.0 Å². The Morgan fingerprint density at radius 1 is 1.52 bits per heavy atom. The van der Waals surface area contributed by atoms with Gasteiger partial charge in [-0.2, -0.15) is 0 Å². The van der Waals surface area contributed by atoms with Gasteiger partial charge in [0.25, 0.3) is 5.91 Å². The molecule has 2 N–H and O–H groups in total. The van der Waals surface area contributed by atoms with Crippen LogP contribution in [0.15, 0.2) is 27.9 Å². The second-order valence-electron chi connectivity index (χ2n) is 5.01. The number of nitrogens with one attached hydrogen (secondary N) is 1. The summed E-state index contributed by atoms with van der Waals surface area (Å²) < 4.78 is 18.6. The van der Waals surface area contributed by atoms with Gasteiger partial charge in [-0.1, -0.05) is 0 Å². The molecular formula is C15H16BrFN2O4. The summed E-state index contributed by atoms with van der Waals surface area (Å²) in [4.78, 5) is 25.6. The van der Waals surface area contributed by atoms with Crippen molar-refractivity contribution in [1.29, 1.82) is 0 Å². The minimum absolute atomic E-state index is 0.0513. The molecule has 0 aliphatic carbocycles. The Kier molecular flexibility index (Phi) is 5.38. The van der Waals surface area contributed by atoms with Crippen LogP contribution in [0.1, 0.15) is 5.56 Å². The number of nitrogens with zero attached hydrogens (tertiary/aromatic N) is 1. The topological polar surface area (TPSA) is 78.9 Å². The number of hydrogen-bond acceptors (Lipinski definition) is 5. The maximum atomic E-state index is 13.7. The van der Waals surface area contributed by atoms with Crippen LogP contribution in [0.5, 0.6) is 0 Å². The first-order chi connectivity index (χ1) is 10.9. The fraction of sp³-hybridized carbons (Fsp3) is 0.333. The molecule has 0 saturated heterocycles. The average molecular weight is 387 g/mol. The average Bonchev–Trinajstić information content (AvgIpc) is 2.81. The lowest BCUT2D eigenvalue weighted by atomic mass is 10.2.